The summed E-state index contributed by atoms with van der Waals surface area (Å²) in [6, 6.07) is 4.22. The summed E-state index contributed by atoms with van der Waals surface area (Å²) in [5.41, 5.74) is 2.99. The summed E-state index contributed by atoms with van der Waals surface area (Å²) in [5.74, 6) is 0. The topological polar surface area (TPSA) is 67.4 Å². The number of aromatic nitrogens is 4. The zero-order valence-corrected chi connectivity index (χ0v) is 11.4. The molecule has 0 aromatic carbocycles. The largest absolute Gasteiger partial charge is 0.244 e. The molecule has 0 radical (unpaired) electrons. The summed E-state index contributed by atoms with van der Waals surface area (Å²) < 4.78 is 1.69. The molecule has 5 nitrogen and oxygen atoms in total. The molecule has 0 unspecified atom stereocenters. The van der Waals surface area contributed by atoms with Gasteiger partial charge in [-0.1, -0.05) is 0 Å². The molecule has 19 heavy (non-hydrogen) atoms. The number of nitrogens with zero attached hydrogens (tertiary/aromatic N) is 5. The predicted molar refractivity (Wildman–Crippen MR) is 70.7 cm³/mol. The highest BCUT2D eigenvalue weighted by Crippen LogP contribution is 2.30. The fourth-order valence-electron chi connectivity index (χ4n) is 2.24. The van der Waals surface area contributed by atoms with Crippen LogP contribution in [0.4, 0.5) is 0 Å². The van der Waals surface area contributed by atoms with Crippen molar-refractivity contribution in [3.63, 3.8) is 0 Å². The maximum atomic E-state index is 9.27. The number of pyridine rings is 1. The minimum atomic E-state index is 0.633. The van der Waals surface area contributed by atoms with Crippen LogP contribution in [-0.4, -0.2) is 19.7 Å². The maximum Gasteiger partial charge on any atom is 0.192 e. The first kappa shape index (κ1) is 12.2. The van der Waals surface area contributed by atoms with Gasteiger partial charge >= 0.3 is 0 Å². The van der Waals surface area contributed by atoms with Crippen LogP contribution in [0.25, 0.3) is 0 Å². The average molecular weight is 271 g/mol. The number of hydrogen-bond donors (Lipinski definition) is 0. The SMILES string of the molecule is Cn1ncnc1Sc1nc2c(cc1C#N)CCCC2. The zero-order chi connectivity index (χ0) is 13.2. The van der Waals surface area contributed by atoms with Gasteiger partial charge in [0.25, 0.3) is 0 Å². The van der Waals surface area contributed by atoms with Gasteiger partial charge in [0.1, 0.15) is 17.4 Å². The Hall–Kier alpha value is -1.87. The molecule has 0 aliphatic heterocycles. The van der Waals surface area contributed by atoms with Crippen LogP contribution in [0.3, 0.4) is 0 Å². The fraction of sp³-hybridized carbons (Fsp3) is 0.385. The van der Waals surface area contributed by atoms with E-state index in [0.29, 0.717) is 5.56 Å². The van der Waals surface area contributed by atoms with E-state index in [1.807, 2.05) is 13.1 Å². The summed E-state index contributed by atoms with van der Waals surface area (Å²) in [4.78, 5) is 8.82. The summed E-state index contributed by atoms with van der Waals surface area (Å²) in [6.07, 6.45) is 5.92. The van der Waals surface area contributed by atoms with Crippen molar-refractivity contribution in [2.45, 2.75) is 35.9 Å². The Balaban J connectivity index is 2.01. The summed E-state index contributed by atoms with van der Waals surface area (Å²) in [7, 11) is 1.83. The van der Waals surface area contributed by atoms with Gasteiger partial charge in [0, 0.05) is 12.7 Å². The molecule has 96 valence electrons. The van der Waals surface area contributed by atoms with E-state index in [1.165, 1.54) is 36.5 Å². The van der Waals surface area contributed by atoms with Gasteiger partial charge in [0.2, 0.25) is 0 Å². The third-order valence-electron chi connectivity index (χ3n) is 3.24. The lowest BCUT2D eigenvalue weighted by atomic mass is 9.95. The second-order valence-electron chi connectivity index (χ2n) is 4.53. The Labute approximate surface area is 115 Å². The van der Waals surface area contributed by atoms with Crippen molar-refractivity contribution in [2.75, 3.05) is 0 Å². The lowest BCUT2D eigenvalue weighted by molar-refractivity contribution is 0.658. The average Bonchev–Trinajstić information content (AvgIpc) is 2.83. The van der Waals surface area contributed by atoms with Gasteiger partial charge in [-0.3, -0.25) is 0 Å². The van der Waals surface area contributed by atoms with Crippen LogP contribution in [0.15, 0.2) is 22.6 Å². The van der Waals surface area contributed by atoms with Crippen molar-refractivity contribution in [3.05, 3.63) is 29.2 Å². The van der Waals surface area contributed by atoms with E-state index in [1.54, 1.807) is 4.68 Å². The molecule has 2 aromatic heterocycles. The first-order valence-electron chi connectivity index (χ1n) is 6.22. The molecule has 0 spiro atoms. The van der Waals surface area contributed by atoms with Crippen molar-refractivity contribution in [3.8, 4) is 6.07 Å². The van der Waals surface area contributed by atoms with Gasteiger partial charge in [-0.25, -0.2) is 14.6 Å². The Morgan fingerprint density at radius 2 is 2.21 bits per heavy atom. The van der Waals surface area contributed by atoms with Gasteiger partial charge < -0.3 is 0 Å². The van der Waals surface area contributed by atoms with Crippen molar-refractivity contribution in [1.82, 2.24) is 19.7 Å². The number of fused-ring (bicyclic) bond motifs is 1. The second kappa shape index (κ2) is 5.02. The second-order valence-corrected chi connectivity index (χ2v) is 5.49. The molecule has 2 aromatic rings. The van der Waals surface area contributed by atoms with Crippen molar-refractivity contribution in [1.29, 1.82) is 5.26 Å². The molecule has 1 aliphatic carbocycles. The highest BCUT2D eigenvalue weighted by Gasteiger charge is 2.17. The molecule has 6 heteroatoms. The minimum absolute atomic E-state index is 0.633. The lowest BCUT2D eigenvalue weighted by Crippen LogP contribution is -2.07. The molecular weight excluding hydrogens is 258 g/mol. The van der Waals surface area contributed by atoms with Crippen LogP contribution in [-0.2, 0) is 19.9 Å². The molecule has 2 heterocycles. The van der Waals surface area contributed by atoms with E-state index in [2.05, 4.69) is 21.1 Å². The zero-order valence-electron chi connectivity index (χ0n) is 10.6. The Morgan fingerprint density at radius 3 is 2.95 bits per heavy atom. The number of aryl methyl sites for hydroxylation is 3. The highest BCUT2D eigenvalue weighted by molar-refractivity contribution is 7.99. The van der Waals surface area contributed by atoms with Gasteiger partial charge in [-0.15, -0.1) is 0 Å². The summed E-state index contributed by atoms with van der Waals surface area (Å²) in [6.45, 7) is 0. The van der Waals surface area contributed by atoms with Crippen LogP contribution in [0.1, 0.15) is 29.7 Å². The Bertz CT molecular complexity index is 656. The molecular formula is C13H13N5S. The normalized spacial score (nSPS) is 13.9. The number of nitriles is 1. The first-order valence-corrected chi connectivity index (χ1v) is 7.04. The van der Waals surface area contributed by atoms with Crippen LogP contribution in [0, 0.1) is 11.3 Å². The molecule has 0 N–H and O–H groups in total. The summed E-state index contributed by atoms with van der Waals surface area (Å²) in [5, 5.41) is 14.8. The third kappa shape index (κ3) is 2.34. The quantitative estimate of drug-likeness (QED) is 0.837. The van der Waals surface area contributed by atoms with Gasteiger partial charge in [-0.05, 0) is 49.1 Å². The van der Waals surface area contributed by atoms with Crippen LogP contribution < -0.4 is 0 Å². The minimum Gasteiger partial charge on any atom is -0.244 e. The molecule has 0 atom stereocenters. The molecule has 0 fully saturated rings. The van der Waals surface area contributed by atoms with Crippen molar-refractivity contribution >= 4 is 11.8 Å². The fourth-order valence-corrected chi connectivity index (χ4v) is 3.06. The van der Waals surface area contributed by atoms with Crippen molar-refractivity contribution < 1.29 is 0 Å². The van der Waals surface area contributed by atoms with Crippen LogP contribution in [0.5, 0.6) is 0 Å². The van der Waals surface area contributed by atoms with Gasteiger partial charge in [0.15, 0.2) is 5.16 Å². The maximum absolute atomic E-state index is 9.27. The van der Waals surface area contributed by atoms with Crippen LogP contribution in [0.2, 0.25) is 0 Å². The Kier molecular flexibility index (Phi) is 3.22. The third-order valence-corrected chi connectivity index (χ3v) is 4.30. The molecule has 0 amide bonds. The Morgan fingerprint density at radius 1 is 1.37 bits per heavy atom. The van der Waals surface area contributed by atoms with Crippen LogP contribution >= 0.6 is 11.8 Å². The lowest BCUT2D eigenvalue weighted by Gasteiger charge is -2.16. The van der Waals surface area contributed by atoms with Crippen molar-refractivity contribution in [2.24, 2.45) is 7.05 Å². The smallest absolute Gasteiger partial charge is 0.192 e. The predicted octanol–water partition coefficient (Wildman–Crippen LogP) is 2.11. The molecule has 0 saturated carbocycles. The number of hydrogen-bond acceptors (Lipinski definition) is 5. The van der Waals surface area contributed by atoms with E-state index >= 15 is 0 Å². The van der Waals surface area contributed by atoms with Gasteiger partial charge in [0.05, 0.1) is 5.56 Å². The molecule has 0 saturated heterocycles. The highest BCUT2D eigenvalue weighted by atomic mass is 32.2. The van der Waals surface area contributed by atoms with E-state index in [9.17, 15) is 5.26 Å². The monoisotopic (exact) mass is 271 g/mol. The van der Waals surface area contributed by atoms with E-state index in [-0.39, 0.29) is 0 Å². The van der Waals surface area contributed by atoms with Gasteiger partial charge in [-0.2, -0.15) is 10.4 Å². The standard InChI is InChI=1S/C13H13N5S/c1-18-13(15-8-16-18)19-12-10(7-14)6-9-4-2-3-5-11(9)17-12/h6,8H,2-5H2,1H3. The first-order chi connectivity index (χ1) is 9.28. The number of rotatable bonds is 2. The van der Waals surface area contributed by atoms with E-state index < -0.39 is 0 Å². The van der Waals surface area contributed by atoms with E-state index in [0.717, 1.165) is 28.7 Å². The van der Waals surface area contributed by atoms with E-state index in [4.69, 9.17) is 0 Å². The molecule has 1 aliphatic rings. The molecule has 0 bridgehead atoms. The molecule has 3 rings (SSSR count). The summed E-state index contributed by atoms with van der Waals surface area (Å²) >= 11 is 1.40.